The summed E-state index contributed by atoms with van der Waals surface area (Å²) in [6.45, 7) is 4.60. The van der Waals surface area contributed by atoms with E-state index in [-0.39, 0.29) is 23.6 Å². The van der Waals surface area contributed by atoms with E-state index in [4.69, 9.17) is 5.73 Å². The van der Waals surface area contributed by atoms with Crippen LogP contribution >= 0.6 is 28.3 Å². The van der Waals surface area contributed by atoms with Crippen LogP contribution < -0.4 is 5.73 Å². The fourth-order valence-corrected chi connectivity index (χ4v) is 2.04. The van der Waals surface area contributed by atoms with Gasteiger partial charge in [-0.05, 0) is 17.7 Å². The van der Waals surface area contributed by atoms with E-state index in [0.29, 0.717) is 6.54 Å². The number of rotatable bonds is 2. The van der Waals surface area contributed by atoms with Crippen LogP contribution in [0.3, 0.4) is 0 Å². The molecule has 0 aromatic heterocycles. The maximum atomic E-state index is 12.8. The Morgan fingerprint density at radius 3 is 2.43 bits per heavy atom. The number of halogens is 3. The molecule has 0 unspecified atom stereocenters. The van der Waals surface area contributed by atoms with Crippen LogP contribution in [0.25, 0.3) is 0 Å². The van der Waals surface area contributed by atoms with Gasteiger partial charge in [0, 0.05) is 16.4 Å². The van der Waals surface area contributed by atoms with Crippen molar-refractivity contribution in [1.29, 1.82) is 0 Å². The molecule has 1 aromatic carbocycles. The highest BCUT2D eigenvalue weighted by molar-refractivity contribution is 9.10. The first-order valence-corrected chi connectivity index (χ1v) is 4.92. The standard InChI is InChI=1S/C10H13BrFN.ClH/c1-10(2,6-13)8-4-3-7(12)5-9(8)11;/h3-5H,6,13H2,1-2H3;1H. The molecule has 4 heteroatoms. The Morgan fingerprint density at radius 1 is 1.43 bits per heavy atom. The lowest BCUT2D eigenvalue weighted by molar-refractivity contribution is 0.533. The van der Waals surface area contributed by atoms with Crippen molar-refractivity contribution in [3.8, 4) is 0 Å². The van der Waals surface area contributed by atoms with E-state index in [1.807, 2.05) is 13.8 Å². The van der Waals surface area contributed by atoms with Gasteiger partial charge in [-0.15, -0.1) is 12.4 Å². The van der Waals surface area contributed by atoms with E-state index in [0.717, 1.165) is 10.0 Å². The van der Waals surface area contributed by atoms with Crippen molar-refractivity contribution in [2.24, 2.45) is 5.73 Å². The van der Waals surface area contributed by atoms with Gasteiger partial charge in [0.15, 0.2) is 0 Å². The molecule has 0 aliphatic rings. The summed E-state index contributed by atoms with van der Waals surface area (Å²) in [6.07, 6.45) is 0. The maximum absolute atomic E-state index is 12.8. The molecule has 1 rings (SSSR count). The predicted molar refractivity (Wildman–Crippen MR) is 63.4 cm³/mol. The molecule has 1 nitrogen and oxygen atoms in total. The van der Waals surface area contributed by atoms with Gasteiger partial charge in [-0.1, -0.05) is 35.8 Å². The maximum Gasteiger partial charge on any atom is 0.124 e. The SMILES string of the molecule is CC(C)(CN)c1ccc(F)cc1Br.Cl. The van der Waals surface area contributed by atoms with Crippen molar-refractivity contribution < 1.29 is 4.39 Å². The Balaban J connectivity index is 0.00000169. The first kappa shape index (κ1) is 13.9. The van der Waals surface area contributed by atoms with Gasteiger partial charge in [0.1, 0.15) is 5.82 Å². The number of hydrogen-bond donors (Lipinski definition) is 1. The quantitative estimate of drug-likeness (QED) is 0.885. The minimum absolute atomic E-state index is 0. The summed E-state index contributed by atoms with van der Waals surface area (Å²) < 4.78 is 13.6. The lowest BCUT2D eigenvalue weighted by atomic mass is 9.85. The van der Waals surface area contributed by atoms with Crippen LogP contribution in [-0.2, 0) is 5.41 Å². The highest BCUT2D eigenvalue weighted by atomic mass is 79.9. The molecule has 0 fully saturated rings. The lowest BCUT2D eigenvalue weighted by Crippen LogP contribution is -2.28. The second-order valence-electron chi connectivity index (χ2n) is 3.71. The number of hydrogen-bond acceptors (Lipinski definition) is 1. The zero-order valence-electron chi connectivity index (χ0n) is 8.18. The molecular weight excluding hydrogens is 268 g/mol. The Labute approximate surface area is 98.4 Å². The molecule has 0 saturated heterocycles. The minimum Gasteiger partial charge on any atom is -0.330 e. The average Bonchev–Trinajstić information content (AvgIpc) is 2.03. The Morgan fingerprint density at radius 2 is 2.00 bits per heavy atom. The molecule has 2 N–H and O–H groups in total. The summed E-state index contributed by atoms with van der Waals surface area (Å²) in [5.41, 5.74) is 6.55. The first-order chi connectivity index (χ1) is 5.97. The summed E-state index contributed by atoms with van der Waals surface area (Å²) in [6, 6.07) is 4.69. The Kier molecular flexibility index (Phi) is 5.06. The molecule has 0 amide bonds. The monoisotopic (exact) mass is 281 g/mol. The smallest absolute Gasteiger partial charge is 0.124 e. The molecular formula is C10H14BrClFN. The minimum atomic E-state index is -0.233. The van der Waals surface area contributed by atoms with Crippen molar-refractivity contribution in [2.45, 2.75) is 19.3 Å². The van der Waals surface area contributed by atoms with Gasteiger partial charge in [0.05, 0.1) is 0 Å². The molecule has 0 bridgehead atoms. The summed E-state index contributed by atoms with van der Waals surface area (Å²) in [5, 5.41) is 0. The molecule has 0 heterocycles. The van der Waals surface area contributed by atoms with E-state index in [1.165, 1.54) is 12.1 Å². The molecule has 0 aliphatic heterocycles. The summed E-state index contributed by atoms with van der Waals surface area (Å²) >= 11 is 3.33. The van der Waals surface area contributed by atoms with E-state index in [2.05, 4.69) is 15.9 Å². The van der Waals surface area contributed by atoms with E-state index in [9.17, 15) is 4.39 Å². The van der Waals surface area contributed by atoms with Crippen molar-refractivity contribution in [1.82, 2.24) is 0 Å². The Bertz CT molecular complexity index is 315. The molecule has 0 saturated carbocycles. The highest BCUT2D eigenvalue weighted by Gasteiger charge is 2.21. The van der Waals surface area contributed by atoms with Crippen molar-refractivity contribution in [3.63, 3.8) is 0 Å². The third kappa shape index (κ3) is 2.94. The van der Waals surface area contributed by atoms with Crippen LogP contribution in [0.2, 0.25) is 0 Å². The van der Waals surface area contributed by atoms with E-state index >= 15 is 0 Å². The lowest BCUT2D eigenvalue weighted by Gasteiger charge is -2.24. The van der Waals surface area contributed by atoms with Crippen LogP contribution in [0.4, 0.5) is 4.39 Å². The zero-order chi connectivity index (χ0) is 10.1. The van der Waals surface area contributed by atoms with Crippen LogP contribution in [0.5, 0.6) is 0 Å². The molecule has 0 atom stereocenters. The van der Waals surface area contributed by atoms with Gasteiger partial charge < -0.3 is 5.73 Å². The van der Waals surface area contributed by atoms with Crippen LogP contribution in [0.15, 0.2) is 22.7 Å². The van der Waals surface area contributed by atoms with Gasteiger partial charge in [-0.2, -0.15) is 0 Å². The summed E-state index contributed by atoms with van der Waals surface area (Å²) in [5.74, 6) is -0.233. The van der Waals surface area contributed by atoms with E-state index < -0.39 is 0 Å². The first-order valence-electron chi connectivity index (χ1n) is 4.13. The summed E-state index contributed by atoms with van der Waals surface area (Å²) in [7, 11) is 0. The molecule has 0 spiro atoms. The Hall–Kier alpha value is -0.120. The van der Waals surface area contributed by atoms with Crippen LogP contribution in [0, 0.1) is 5.82 Å². The molecule has 0 radical (unpaired) electrons. The van der Waals surface area contributed by atoms with Crippen LogP contribution in [0.1, 0.15) is 19.4 Å². The normalized spacial score (nSPS) is 10.9. The predicted octanol–water partition coefficient (Wildman–Crippen LogP) is 3.25. The third-order valence-corrected chi connectivity index (χ3v) is 2.83. The number of benzene rings is 1. The van der Waals surface area contributed by atoms with Gasteiger partial charge in [-0.25, -0.2) is 4.39 Å². The van der Waals surface area contributed by atoms with Crippen molar-refractivity contribution >= 4 is 28.3 Å². The fraction of sp³-hybridized carbons (Fsp3) is 0.400. The van der Waals surface area contributed by atoms with Crippen LogP contribution in [-0.4, -0.2) is 6.54 Å². The third-order valence-electron chi connectivity index (χ3n) is 2.17. The molecule has 1 aromatic rings. The largest absolute Gasteiger partial charge is 0.330 e. The second-order valence-corrected chi connectivity index (χ2v) is 4.57. The van der Waals surface area contributed by atoms with Crippen molar-refractivity contribution in [2.75, 3.05) is 6.54 Å². The van der Waals surface area contributed by atoms with Gasteiger partial charge in [0.2, 0.25) is 0 Å². The van der Waals surface area contributed by atoms with E-state index in [1.54, 1.807) is 6.07 Å². The molecule has 14 heavy (non-hydrogen) atoms. The molecule has 0 aliphatic carbocycles. The number of nitrogens with two attached hydrogens (primary N) is 1. The summed E-state index contributed by atoms with van der Waals surface area (Å²) in [4.78, 5) is 0. The topological polar surface area (TPSA) is 26.0 Å². The van der Waals surface area contributed by atoms with Gasteiger partial charge in [0.25, 0.3) is 0 Å². The average molecular weight is 283 g/mol. The van der Waals surface area contributed by atoms with Crippen molar-refractivity contribution in [3.05, 3.63) is 34.1 Å². The van der Waals surface area contributed by atoms with Gasteiger partial charge >= 0.3 is 0 Å². The second kappa shape index (κ2) is 5.10. The highest BCUT2D eigenvalue weighted by Crippen LogP contribution is 2.29. The zero-order valence-corrected chi connectivity index (χ0v) is 10.6. The fourth-order valence-electron chi connectivity index (χ4n) is 1.15. The molecule has 80 valence electrons. The van der Waals surface area contributed by atoms with Gasteiger partial charge in [-0.3, -0.25) is 0 Å².